The van der Waals surface area contributed by atoms with Crippen molar-refractivity contribution in [2.24, 2.45) is 5.41 Å². The largest absolute Gasteiger partial charge is 0.312 e. The number of amides is 2. The number of hydrogen-bond donors (Lipinski definition) is 2. The zero-order chi connectivity index (χ0) is 16.7. The summed E-state index contributed by atoms with van der Waals surface area (Å²) in [6, 6.07) is 9.05. The van der Waals surface area contributed by atoms with E-state index in [0.29, 0.717) is 24.9 Å². The van der Waals surface area contributed by atoms with Crippen LogP contribution in [0.1, 0.15) is 27.9 Å². The summed E-state index contributed by atoms with van der Waals surface area (Å²) >= 11 is 0. The van der Waals surface area contributed by atoms with E-state index < -0.39 is 11.3 Å². The second-order valence-electron chi connectivity index (χ2n) is 6.47. The van der Waals surface area contributed by atoms with E-state index in [1.807, 2.05) is 23.1 Å². The lowest BCUT2D eigenvalue weighted by atomic mass is 9.83. The Bertz CT molecular complexity index is 822. The molecular weight excluding hydrogens is 306 g/mol. The summed E-state index contributed by atoms with van der Waals surface area (Å²) in [5.74, 6) is -0.395. The molecule has 1 unspecified atom stereocenters. The van der Waals surface area contributed by atoms with Crippen molar-refractivity contribution >= 4 is 17.5 Å². The van der Waals surface area contributed by atoms with Crippen molar-refractivity contribution in [3.63, 3.8) is 0 Å². The molecule has 2 aliphatic rings. The summed E-state index contributed by atoms with van der Waals surface area (Å²) in [4.78, 5) is 30.5. The Balaban J connectivity index is 1.62. The minimum atomic E-state index is -0.532. The third kappa shape index (κ3) is 2.18. The maximum Gasteiger partial charge on any atom is 0.274 e. The van der Waals surface area contributed by atoms with Crippen LogP contribution in [-0.4, -0.2) is 28.6 Å². The molecule has 1 aromatic heterocycles. The molecule has 0 radical (unpaired) electrons. The number of nitrogens with one attached hydrogen (secondary N) is 1. The van der Waals surface area contributed by atoms with Crippen molar-refractivity contribution in [3.05, 3.63) is 59.4 Å². The number of benzene rings is 1. The molecule has 6 heteroatoms. The van der Waals surface area contributed by atoms with Gasteiger partial charge in [-0.2, -0.15) is 0 Å². The molecule has 1 atom stereocenters. The van der Waals surface area contributed by atoms with E-state index in [9.17, 15) is 9.59 Å². The summed E-state index contributed by atoms with van der Waals surface area (Å²) in [5, 5.41) is 8.78. The third-order valence-corrected chi connectivity index (χ3v) is 5.11. The Labute approximate surface area is 139 Å². The number of anilines is 1. The summed E-state index contributed by atoms with van der Waals surface area (Å²) < 4.78 is 0. The molecule has 2 aromatic rings. The molecule has 4 rings (SSSR count). The SMILES string of the molecule is O=C(NO)c1ccc2c(c1)CC1(CCN(c3ccncc3)C1=O)C2. The van der Waals surface area contributed by atoms with Crippen molar-refractivity contribution in [2.45, 2.75) is 19.3 Å². The number of pyridine rings is 1. The minimum absolute atomic E-state index is 0.137. The van der Waals surface area contributed by atoms with Gasteiger partial charge < -0.3 is 4.90 Å². The van der Waals surface area contributed by atoms with Gasteiger partial charge in [0.25, 0.3) is 5.91 Å². The van der Waals surface area contributed by atoms with Gasteiger partial charge in [0.15, 0.2) is 0 Å². The lowest BCUT2D eigenvalue weighted by molar-refractivity contribution is -0.125. The maximum absolute atomic E-state index is 13.1. The van der Waals surface area contributed by atoms with Gasteiger partial charge in [-0.25, -0.2) is 5.48 Å². The van der Waals surface area contributed by atoms with Crippen LogP contribution in [0.3, 0.4) is 0 Å². The molecule has 1 aliphatic carbocycles. The summed E-state index contributed by atoms with van der Waals surface area (Å²) in [6.45, 7) is 0.695. The Kier molecular flexibility index (Phi) is 3.35. The fourth-order valence-corrected chi connectivity index (χ4v) is 3.88. The molecule has 1 aliphatic heterocycles. The first-order valence-corrected chi connectivity index (χ1v) is 7.91. The second kappa shape index (κ2) is 5.42. The fourth-order valence-electron chi connectivity index (χ4n) is 3.88. The first kappa shape index (κ1) is 14.8. The molecule has 2 amide bonds. The molecule has 0 saturated carbocycles. The van der Waals surface area contributed by atoms with Crippen LogP contribution in [0.5, 0.6) is 0 Å². The quantitative estimate of drug-likeness (QED) is 0.651. The monoisotopic (exact) mass is 323 g/mol. The number of carbonyl (C=O) groups is 2. The van der Waals surface area contributed by atoms with Crippen LogP contribution in [0.2, 0.25) is 0 Å². The normalized spacial score (nSPS) is 22.0. The minimum Gasteiger partial charge on any atom is -0.312 e. The maximum atomic E-state index is 13.1. The highest BCUT2D eigenvalue weighted by molar-refractivity contribution is 6.01. The van der Waals surface area contributed by atoms with Crippen LogP contribution in [-0.2, 0) is 17.6 Å². The van der Waals surface area contributed by atoms with Gasteiger partial charge >= 0.3 is 0 Å². The molecule has 1 saturated heterocycles. The van der Waals surface area contributed by atoms with E-state index in [0.717, 1.165) is 23.2 Å². The lowest BCUT2D eigenvalue weighted by Gasteiger charge is -2.22. The van der Waals surface area contributed by atoms with Crippen molar-refractivity contribution in [1.29, 1.82) is 0 Å². The molecule has 24 heavy (non-hydrogen) atoms. The smallest absolute Gasteiger partial charge is 0.274 e. The van der Waals surface area contributed by atoms with Crippen molar-refractivity contribution in [3.8, 4) is 0 Å². The van der Waals surface area contributed by atoms with Crippen LogP contribution in [0.15, 0.2) is 42.7 Å². The first-order valence-electron chi connectivity index (χ1n) is 7.91. The fraction of sp³-hybridized carbons (Fsp3) is 0.278. The third-order valence-electron chi connectivity index (χ3n) is 5.11. The van der Waals surface area contributed by atoms with Gasteiger partial charge in [-0.05, 0) is 54.7 Å². The van der Waals surface area contributed by atoms with Gasteiger partial charge in [0.2, 0.25) is 5.91 Å². The molecule has 0 bridgehead atoms. The van der Waals surface area contributed by atoms with Crippen LogP contribution in [0.25, 0.3) is 0 Å². The van der Waals surface area contributed by atoms with Gasteiger partial charge in [-0.1, -0.05) is 6.07 Å². The Morgan fingerprint density at radius 3 is 2.67 bits per heavy atom. The number of rotatable bonds is 2. The van der Waals surface area contributed by atoms with Crippen LogP contribution < -0.4 is 10.4 Å². The molecule has 2 heterocycles. The van der Waals surface area contributed by atoms with Gasteiger partial charge in [-0.15, -0.1) is 0 Å². The van der Waals surface area contributed by atoms with E-state index in [-0.39, 0.29) is 5.91 Å². The average Bonchev–Trinajstić information content (AvgIpc) is 3.15. The van der Waals surface area contributed by atoms with Crippen LogP contribution in [0.4, 0.5) is 5.69 Å². The number of nitrogens with zero attached hydrogens (tertiary/aromatic N) is 2. The van der Waals surface area contributed by atoms with Crippen LogP contribution >= 0.6 is 0 Å². The summed E-state index contributed by atoms with van der Waals surface area (Å²) in [6.07, 6.45) is 5.51. The zero-order valence-electron chi connectivity index (χ0n) is 13.0. The lowest BCUT2D eigenvalue weighted by Crippen LogP contribution is -2.35. The van der Waals surface area contributed by atoms with Crippen LogP contribution in [0, 0.1) is 5.41 Å². The number of aromatic nitrogens is 1. The highest BCUT2D eigenvalue weighted by atomic mass is 16.5. The van der Waals surface area contributed by atoms with Gasteiger partial charge in [-0.3, -0.25) is 19.8 Å². The predicted octanol–water partition coefficient (Wildman–Crippen LogP) is 1.72. The summed E-state index contributed by atoms with van der Waals surface area (Å²) in [7, 11) is 0. The van der Waals surface area contributed by atoms with Crippen molar-refractivity contribution < 1.29 is 14.8 Å². The van der Waals surface area contributed by atoms with E-state index in [1.165, 1.54) is 0 Å². The highest BCUT2D eigenvalue weighted by Gasteiger charge is 2.50. The van der Waals surface area contributed by atoms with Crippen molar-refractivity contribution in [1.82, 2.24) is 10.5 Å². The molecule has 1 fully saturated rings. The number of fused-ring (bicyclic) bond motifs is 1. The molecule has 2 N–H and O–H groups in total. The molecule has 1 aromatic carbocycles. The van der Waals surface area contributed by atoms with Crippen molar-refractivity contribution in [2.75, 3.05) is 11.4 Å². The molecule has 6 nitrogen and oxygen atoms in total. The topological polar surface area (TPSA) is 82.5 Å². The van der Waals surface area contributed by atoms with E-state index in [1.54, 1.807) is 30.0 Å². The van der Waals surface area contributed by atoms with Gasteiger partial charge in [0, 0.05) is 30.2 Å². The molecule has 122 valence electrons. The average molecular weight is 323 g/mol. The van der Waals surface area contributed by atoms with Gasteiger partial charge in [0.1, 0.15) is 0 Å². The molecule has 1 spiro atoms. The highest BCUT2D eigenvalue weighted by Crippen LogP contribution is 2.46. The number of hydroxylamine groups is 1. The Morgan fingerprint density at radius 2 is 1.92 bits per heavy atom. The Morgan fingerprint density at radius 1 is 1.17 bits per heavy atom. The first-order chi connectivity index (χ1) is 11.6. The standard InChI is InChI=1S/C18H17N3O3/c22-16(20-24)12-1-2-13-10-18(11-14(13)9-12)5-8-21(17(18)23)15-3-6-19-7-4-15/h1-4,6-7,9,24H,5,8,10-11H2,(H,20,22). The number of hydrogen-bond acceptors (Lipinski definition) is 4. The van der Waals surface area contributed by atoms with Gasteiger partial charge in [0.05, 0.1) is 5.41 Å². The van der Waals surface area contributed by atoms with E-state index in [4.69, 9.17) is 5.21 Å². The predicted molar refractivity (Wildman–Crippen MR) is 86.7 cm³/mol. The van der Waals surface area contributed by atoms with E-state index in [2.05, 4.69) is 4.98 Å². The Hall–Kier alpha value is -2.73. The molecular formula is C18H17N3O3. The zero-order valence-corrected chi connectivity index (χ0v) is 13.0. The summed E-state index contributed by atoms with van der Waals surface area (Å²) in [5.41, 5.74) is 4.64. The number of carbonyl (C=O) groups excluding carboxylic acids is 2. The van der Waals surface area contributed by atoms with E-state index >= 15 is 0 Å². The second-order valence-corrected chi connectivity index (χ2v) is 6.47.